The van der Waals surface area contributed by atoms with Crippen molar-refractivity contribution in [2.24, 2.45) is 0 Å². The molecule has 1 heterocycles. The summed E-state index contributed by atoms with van der Waals surface area (Å²) in [5.74, 6) is 1.45. The highest BCUT2D eigenvalue weighted by molar-refractivity contribution is 7.92. The molecule has 0 saturated heterocycles. The molecule has 0 unspecified atom stereocenters. The summed E-state index contributed by atoms with van der Waals surface area (Å²) in [6.07, 6.45) is 0. The van der Waals surface area contributed by atoms with Crippen LogP contribution in [0.15, 0.2) is 88.2 Å². The predicted molar refractivity (Wildman–Crippen MR) is 124 cm³/mol. The van der Waals surface area contributed by atoms with E-state index in [4.69, 9.17) is 20.8 Å². The van der Waals surface area contributed by atoms with Gasteiger partial charge in [0.15, 0.2) is 0 Å². The smallest absolute Gasteiger partial charge is 0.264 e. The number of aryl methyl sites for hydroxylation is 1. The average molecular weight is 469 g/mol. The predicted octanol–water partition coefficient (Wildman–Crippen LogP) is 5.71. The Morgan fingerprint density at radius 2 is 1.75 bits per heavy atom. The van der Waals surface area contributed by atoms with Crippen LogP contribution in [-0.2, 0) is 16.6 Å². The van der Waals surface area contributed by atoms with Crippen molar-refractivity contribution in [3.63, 3.8) is 0 Å². The topological polar surface area (TPSA) is 72.6 Å². The molecule has 0 aliphatic carbocycles. The number of hydrogen-bond donors (Lipinski definition) is 0. The molecule has 8 heteroatoms. The zero-order chi connectivity index (χ0) is 22.7. The van der Waals surface area contributed by atoms with Gasteiger partial charge in [-0.1, -0.05) is 41.9 Å². The van der Waals surface area contributed by atoms with Crippen molar-refractivity contribution in [1.82, 2.24) is 4.98 Å². The lowest BCUT2D eigenvalue weighted by molar-refractivity contribution is 0.415. The van der Waals surface area contributed by atoms with Crippen molar-refractivity contribution < 1.29 is 17.6 Å². The summed E-state index contributed by atoms with van der Waals surface area (Å²) in [4.78, 5) is 4.75. The van der Waals surface area contributed by atoms with E-state index in [0.29, 0.717) is 39.4 Å². The zero-order valence-corrected chi connectivity index (χ0v) is 19.1. The Bertz CT molecular complexity index is 1340. The molecule has 0 aliphatic heterocycles. The van der Waals surface area contributed by atoms with Crippen LogP contribution >= 0.6 is 11.6 Å². The maximum absolute atomic E-state index is 13.6. The summed E-state index contributed by atoms with van der Waals surface area (Å²) in [5.41, 5.74) is 1.67. The summed E-state index contributed by atoms with van der Waals surface area (Å²) < 4.78 is 39.6. The van der Waals surface area contributed by atoms with Gasteiger partial charge >= 0.3 is 0 Å². The zero-order valence-electron chi connectivity index (χ0n) is 17.5. The van der Waals surface area contributed by atoms with E-state index in [1.54, 1.807) is 79.7 Å². The Kier molecular flexibility index (Phi) is 6.21. The summed E-state index contributed by atoms with van der Waals surface area (Å²) >= 11 is 6.09. The molecule has 0 atom stereocenters. The number of aromatic nitrogens is 1. The van der Waals surface area contributed by atoms with Gasteiger partial charge in [0.2, 0.25) is 5.89 Å². The largest absolute Gasteiger partial charge is 0.497 e. The van der Waals surface area contributed by atoms with Gasteiger partial charge < -0.3 is 9.15 Å². The maximum atomic E-state index is 13.6. The van der Waals surface area contributed by atoms with Crippen LogP contribution in [0.25, 0.3) is 11.5 Å². The Balaban J connectivity index is 1.78. The van der Waals surface area contributed by atoms with Crippen molar-refractivity contribution in [2.45, 2.75) is 18.4 Å². The number of hydrogen-bond acceptors (Lipinski definition) is 5. The lowest BCUT2D eigenvalue weighted by Gasteiger charge is -2.24. The second-order valence-electron chi connectivity index (χ2n) is 7.06. The number of oxazole rings is 1. The molecule has 0 spiro atoms. The molecule has 0 N–H and O–H groups in total. The maximum Gasteiger partial charge on any atom is 0.264 e. The molecule has 0 amide bonds. The van der Waals surface area contributed by atoms with Gasteiger partial charge in [0.05, 0.1) is 24.2 Å². The van der Waals surface area contributed by atoms with E-state index in [1.165, 1.54) is 11.4 Å². The number of ether oxygens (including phenoxy) is 1. The number of methoxy groups -OCH3 is 1. The summed E-state index contributed by atoms with van der Waals surface area (Å²) in [6.45, 7) is 1.75. The summed E-state index contributed by atoms with van der Waals surface area (Å²) in [5, 5.41) is 0.560. The monoisotopic (exact) mass is 468 g/mol. The first kappa shape index (κ1) is 21.9. The fraction of sp³-hybridized carbons (Fsp3) is 0.125. The van der Waals surface area contributed by atoms with E-state index in [1.807, 2.05) is 6.07 Å². The van der Waals surface area contributed by atoms with Gasteiger partial charge in [-0.3, -0.25) is 4.31 Å². The van der Waals surface area contributed by atoms with Crippen molar-refractivity contribution in [1.29, 1.82) is 0 Å². The molecule has 6 nitrogen and oxygen atoms in total. The van der Waals surface area contributed by atoms with Crippen LogP contribution in [0.4, 0.5) is 5.69 Å². The van der Waals surface area contributed by atoms with Crippen LogP contribution in [0.1, 0.15) is 11.5 Å². The fourth-order valence-corrected chi connectivity index (χ4v) is 4.89. The van der Waals surface area contributed by atoms with Gasteiger partial charge in [-0.05, 0) is 49.4 Å². The highest BCUT2D eigenvalue weighted by Crippen LogP contribution is 2.31. The van der Waals surface area contributed by atoms with E-state index >= 15 is 0 Å². The third-order valence-corrected chi connectivity index (χ3v) is 6.95. The van der Waals surface area contributed by atoms with Crippen molar-refractivity contribution in [3.05, 3.63) is 95.3 Å². The number of nitrogens with zero attached hydrogens (tertiary/aromatic N) is 2. The second-order valence-corrected chi connectivity index (χ2v) is 9.36. The van der Waals surface area contributed by atoms with Crippen LogP contribution in [-0.4, -0.2) is 20.5 Å². The highest BCUT2D eigenvalue weighted by Gasteiger charge is 2.27. The Morgan fingerprint density at radius 1 is 1.00 bits per heavy atom. The Hall–Kier alpha value is -3.29. The summed E-state index contributed by atoms with van der Waals surface area (Å²) in [7, 11) is -2.35. The first-order chi connectivity index (χ1) is 15.4. The minimum Gasteiger partial charge on any atom is -0.497 e. The average Bonchev–Trinajstić information content (AvgIpc) is 3.18. The number of benzene rings is 3. The second kappa shape index (κ2) is 9.06. The first-order valence-electron chi connectivity index (χ1n) is 9.82. The standard InChI is InChI=1S/C24H21ClN2O4S/c1-17-23(26-24(31-17)18-8-6-9-19(25)14-18)16-27(20-10-7-11-21(15-20)30-2)32(28,29)22-12-4-3-5-13-22/h3-15H,16H2,1-2H3. The van der Waals surface area contributed by atoms with E-state index in [-0.39, 0.29) is 11.4 Å². The normalized spacial score (nSPS) is 11.3. The van der Waals surface area contributed by atoms with E-state index in [0.717, 1.165) is 0 Å². The molecule has 32 heavy (non-hydrogen) atoms. The first-order valence-corrected chi connectivity index (χ1v) is 11.6. The molecule has 0 aliphatic rings. The van der Waals surface area contributed by atoms with Gasteiger partial charge in [0.25, 0.3) is 10.0 Å². The fourth-order valence-electron chi connectivity index (χ4n) is 3.26. The number of rotatable bonds is 7. The van der Waals surface area contributed by atoms with E-state index in [9.17, 15) is 8.42 Å². The minimum absolute atomic E-state index is 0.0136. The third kappa shape index (κ3) is 4.49. The van der Waals surface area contributed by atoms with Crippen LogP contribution in [0.3, 0.4) is 0 Å². The van der Waals surface area contributed by atoms with Crippen LogP contribution in [0.2, 0.25) is 5.02 Å². The molecular formula is C24H21ClN2O4S. The molecule has 3 aromatic carbocycles. The van der Waals surface area contributed by atoms with Gasteiger partial charge in [0.1, 0.15) is 17.2 Å². The number of anilines is 1. The van der Waals surface area contributed by atoms with Crippen molar-refractivity contribution in [2.75, 3.05) is 11.4 Å². The van der Waals surface area contributed by atoms with E-state index in [2.05, 4.69) is 4.98 Å². The summed E-state index contributed by atoms with van der Waals surface area (Å²) in [6, 6.07) is 22.3. The van der Waals surface area contributed by atoms with Crippen LogP contribution < -0.4 is 9.04 Å². The minimum atomic E-state index is -3.88. The van der Waals surface area contributed by atoms with Gasteiger partial charge in [-0.2, -0.15) is 0 Å². The highest BCUT2D eigenvalue weighted by atomic mass is 35.5. The number of halogens is 1. The number of sulfonamides is 1. The van der Waals surface area contributed by atoms with E-state index < -0.39 is 10.0 Å². The van der Waals surface area contributed by atoms with Crippen LogP contribution in [0.5, 0.6) is 5.75 Å². The molecule has 0 bridgehead atoms. The molecule has 164 valence electrons. The lowest BCUT2D eigenvalue weighted by Crippen LogP contribution is -2.31. The molecule has 1 aromatic heterocycles. The quantitative estimate of drug-likeness (QED) is 0.347. The molecule has 4 rings (SSSR count). The molecular weight excluding hydrogens is 448 g/mol. The lowest BCUT2D eigenvalue weighted by atomic mass is 10.2. The van der Waals surface area contributed by atoms with Crippen molar-refractivity contribution >= 4 is 27.3 Å². The molecule has 0 radical (unpaired) electrons. The molecule has 4 aromatic rings. The molecule has 0 fully saturated rings. The SMILES string of the molecule is COc1cccc(N(Cc2nc(-c3cccc(Cl)c3)oc2C)S(=O)(=O)c2ccccc2)c1. The third-order valence-electron chi connectivity index (χ3n) is 4.93. The molecule has 0 saturated carbocycles. The Morgan fingerprint density at radius 3 is 2.47 bits per heavy atom. The van der Waals surface area contributed by atoms with Gasteiger partial charge in [0, 0.05) is 16.7 Å². The van der Waals surface area contributed by atoms with Crippen molar-refractivity contribution in [3.8, 4) is 17.2 Å². The Labute approximate surface area is 192 Å². The van der Waals surface area contributed by atoms with Crippen LogP contribution in [0, 0.1) is 6.92 Å². The van der Waals surface area contributed by atoms with Gasteiger partial charge in [-0.15, -0.1) is 0 Å². The van der Waals surface area contributed by atoms with Gasteiger partial charge in [-0.25, -0.2) is 13.4 Å².